The number of alkyl halides is 3. The highest BCUT2D eigenvalue weighted by Gasteiger charge is 2.35. The summed E-state index contributed by atoms with van der Waals surface area (Å²) in [6, 6.07) is 0. The van der Waals surface area contributed by atoms with Crippen LogP contribution in [0.15, 0.2) is 6.20 Å². The molecule has 0 aliphatic carbocycles. The van der Waals surface area contributed by atoms with Gasteiger partial charge >= 0.3 is 12.1 Å². The molecule has 7 heteroatoms. The molecule has 0 atom stereocenters. The minimum atomic E-state index is -4.54. The highest BCUT2D eigenvalue weighted by molar-refractivity contribution is 5.72. The molecule has 0 amide bonds. The molecule has 0 unspecified atom stereocenters. The highest BCUT2D eigenvalue weighted by atomic mass is 19.4. The van der Waals surface area contributed by atoms with Crippen LogP contribution in [0.5, 0.6) is 0 Å². The van der Waals surface area contributed by atoms with Gasteiger partial charge in [-0.15, -0.1) is 0 Å². The predicted molar refractivity (Wildman–Crippen MR) is 47.1 cm³/mol. The Hall–Kier alpha value is -1.97. The fraction of sp³-hybridized carbons (Fsp3) is 0.333. The summed E-state index contributed by atoms with van der Waals surface area (Å²) in [4.78, 5) is 10.7. The van der Waals surface area contributed by atoms with Gasteiger partial charge in [0.2, 0.25) is 0 Å². The summed E-state index contributed by atoms with van der Waals surface area (Å²) >= 11 is 0. The van der Waals surface area contributed by atoms with Crippen LogP contribution in [0.25, 0.3) is 0 Å². The number of ether oxygens (including phenoxy) is 1. The van der Waals surface area contributed by atoms with Crippen molar-refractivity contribution in [2.45, 2.75) is 12.6 Å². The molecule has 86 valence electrons. The van der Waals surface area contributed by atoms with E-state index in [9.17, 15) is 18.0 Å². The Kier molecular flexibility index (Phi) is 3.55. The number of hydrogen-bond donors (Lipinski definition) is 1. The normalized spacial score (nSPS) is 10.5. The molecule has 1 aromatic rings. The van der Waals surface area contributed by atoms with Crippen molar-refractivity contribution in [1.82, 2.24) is 10.2 Å². The molecule has 1 aromatic heterocycles. The molecule has 0 saturated heterocycles. The number of carbonyl (C=O) groups excluding carboxylic acids is 1. The van der Waals surface area contributed by atoms with Crippen LogP contribution in [0.1, 0.15) is 17.7 Å². The van der Waals surface area contributed by atoms with E-state index >= 15 is 0 Å². The Balaban J connectivity index is 2.82. The van der Waals surface area contributed by atoms with E-state index < -0.39 is 17.8 Å². The summed E-state index contributed by atoms with van der Waals surface area (Å²) in [5.74, 6) is 3.86. The minimum absolute atomic E-state index is 0.265. The van der Waals surface area contributed by atoms with Crippen molar-refractivity contribution in [2.75, 3.05) is 7.11 Å². The number of rotatable bonds is 1. The van der Waals surface area contributed by atoms with Crippen molar-refractivity contribution in [3.8, 4) is 11.8 Å². The Morgan fingerprint density at radius 3 is 2.88 bits per heavy atom. The van der Waals surface area contributed by atoms with Crippen LogP contribution in [-0.2, 0) is 15.7 Å². The van der Waals surface area contributed by atoms with Gasteiger partial charge in [-0.05, 0) is 0 Å². The van der Waals surface area contributed by atoms with Gasteiger partial charge in [0.15, 0.2) is 5.69 Å². The van der Waals surface area contributed by atoms with Gasteiger partial charge in [0, 0.05) is 0 Å². The van der Waals surface area contributed by atoms with Crippen LogP contribution >= 0.6 is 0 Å². The molecular formula is C9H7F3N2O2. The minimum Gasteiger partial charge on any atom is -0.468 e. The van der Waals surface area contributed by atoms with Gasteiger partial charge < -0.3 is 4.74 Å². The van der Waals surface area contributed by atoms with Gasteiger partial charge in [-0.25, -0.2) is 0 Å². The Labute approximate surface area is 88.8 Å². The summed E-state index contributed by atoms with van der Waals surface area (Å²) in [5.41, 5.74) is -1.32. The van der Waals surface area contributed by atoms with E-state index in [0.717, 1.165) is 6.20 Å². The molecule has 0 bridgehead atoms. The lowest BCUT2D eigenvalue weighted by atomic mass is 10.2. The molecule has 1 heterocycles. The third-order valence-electron chi connectivity index (χ3n) is 1.61. The second-order valence-corrected chi connectivity index (χ2v) is 2.71. The van der Waals surface area contributed by atoms with Crippen LogP contribution in [0.3, 0.4) is 0 Å². The van der Waals surface area contributed by atoms with E-state index in [-0.39, 0.29) is 12.0 Å². The van der Waals surface area contributed by atoms with Crippen molar-refractivity contribution < 1.29 is 22.7 Å². The van der Waals surface area contributed by atoms with Crippen LogP contribution in [0.4, 0.5) is 13.2 Å². The van der Waals surface area contributed by atoms with E-state index in [1.54, 1.807) is 5.10 Å². The quantitative estimate of drug-likeness (QED) is 0.587. The van der Waals surface area contributed by atoms with E-state index in [1.807, 2.05) is 0 Å². The van der Waals surface area contributed by atoms with Crippen molar-refractivity contribution in [1.29, 1.82) is 0 Å². The van der Waals surface area contributed by atoms with E-state index in [2.05, 4.69) is 21.7 Å². The number of nitrogens with zero attached hydrogens (tertiary/aromatic N) is 1. The smallest absolute Gasteiger partial charge is 0.434 e. The van der Waals surface area contributed by atoms with Crippen molar-refractivity contribution in [2.24, 2.45) is 0 Å². The highest BCUT2D eigenvalue weighted by Crippen LogP contribution is 2.29. The molecule has 0 aliphatic heterocycles. The molecule has 0 radical (unpaired) electrons. The Bertz CT molecular complexity index is 440. The SMILES string of the molecule is COC(=O)CC#Cc1cn[nH]c1C(F)(F)F. The molecule has 1 N–H and O–H groups in total. The van der Waals surface area contributed by atoms with Gasteiger partial charge in [0.05, 0.1) is 18.9 Å². The average Bonchev–Trinajstić information content (AvgIpc) is 2.65. The number of aromatic nitrogens is 2. The zero-order chi connectivity index (χ0) is 12.2. The molecule has 0 fully saturated rings. The van der Waals surface area contributed by atoms with Gasteiger partial charge in [-0.3, -0.25) is 9.89 Å². The van der Waals surface area contributed by atoms with Crippen molar-refractivity contribution in [3.63, 3.8) is 0 Å². The second kappa shape index (κ2) is 4.70. The van der Waals surface area contributed by atoms with Gasteiger partial charge in [-0.2, -0.15) is 18.3 Å². The number of nitrogens with one attached hydrogen (secondary N) is 1. The molecule has 16 heavy (non-hydrogen) atoms. The molecule has 0 spiro atoms. The number of carbonyl (C=O) groups is 1. The number of hydrogen-bond acceptors (Lipinski definition) is 3. The van der Waals surface area contributed by atoms with E-state index in [0.29, 0.717) is 0 Å². The summed E-state index contributed by atoms with van der Waals surface area (Å²) in [7, 11) is 1.17. The zero-order valence-corrected chi connectivity index (χ0v) is 8.18. The number of halogens is 3. The van der Waals surface area contributed by atoms with E-state index in [1.165, 1.54) is 7.11 Å². The summed E-state index contributed by atoms with van der Waals surface area (Å²) in [6.07, 6.45) is -3.85. The molecule has 0 aliphatic rings. The molecule has 4 nitrogen and oxygen atoms in total. The first-order valence-electron chi connectivity index (χ1n) is 4.11. The number of esters is 1. The number of H-pyrrole nitrogens is 1. The number of methoxy groups -OCH3 is 1. The number of aromatic amines is 1. The van der Waals surface area contributed by atoms with Gasteiger partial charge in [-0.1, -0.05) is 11.8 Å². The van der Waals surface area contributed by atoms with Crippen molar-refractivity contribution >= 4 is 5.97 Å². The lowest BCUT2D eigenvalue weighted by Gasteiger charge is -2.02. The first-order valence-corrected chi connectivity index (χ1v) is 4.11. The fourth-order valence-corrected chi connectivity index (χ4v) is 0.881. The molecule has 1 rings (SSSR count). The summed E-state index contributed by atoms with van der Waals surface area (Å²) in [6.45, 7) is 0. The third-order valence-corrected chi connectivity index (χ3v) is 1.61. The third kappa shape index (κ3) is 3.02. The molecule has 0 saturated carbocycles. The molecular weight excluding hydrogens is 225 g/mol. The van der Waals surface area contributed by atoms with Crippen LogP contribution < -0.4 is 0 Å². The van der Waals surface area contributed by atoms with Gasteiger partial charge in [0.1, 0.15) is 6.42 Å². The lowest BCUT2D eigenvalue weighted by molar-refractivity contribution is -0.141. The first-order chi connectivity index (χ1) is 7.45. The predicted octanol–water partition coefficient (Wildman–Crippen LogP) is 1.34. The zero-order valence-electron chi connectivity index (χ0n) is 8.18. The Morgan fingerprint density at radius 2 is 2.31 bits per heavy atom. The van der Waals surface area contributed by atoms with E-state index in [4.69, 9.17) is 0 Å². The second-order valence-electron chi connectivity index (χ2n) is 2.71. The van der Waals surface area contributed by atoms with Gasteiger partial charge in [0.25, 0.3) is 0 Å². The van der Waals surface area contributed by atoms with Crippen LogP contribution in [0.2, 0.25) is 0 Å². The topological polar surface area (TPSA) is 55.0 Å². The lowest BCUT2D eigenvalue weighted by Crippen LogP contribution is -2.07. The largest absolute Gasteiger partial charge is 0.468 e. The Morgan fingerprint density at radius 1 is 1.62 bits per heavy atom. The molecule has 0 aromatic carbocycles. The standard InChI is InChI=1S/C9H7F3N2O2/c1-16-7(15)4-2-3-6-5-13-14-8(6)9(10,11)12/h5H,4H2,1H3,(H,13,14). The maximum Gasteiger partial charge on any atom is 0.434 e. The van der Waals surface area contributed by atoms with Crippen LogP contribution in [-0.4, -0.2) is 23.3 Å². The monoisotopic (exact) mass is 232 g/mol. The first kappa shape index (κ1) is 12.1. The average molecular weight is 232 g/mol. The van der Waals surface area contributed by atoms with Crippen LogP contribution in [0, 0.1) is 11.8 Å². The maximum absolute atomic E-state index is 12.3. The summed E-state index contributed by atoms with van der Waals surface area (Å²) < 4.78 is 41.2. The maximum atomic E-state index is 12.3. The summed E-state index contributed by atoms with van der Waals surface area (Å²) in [5, 5.41) is 5.05. The van der Waals surface area contributed by atoms with Crippen molar-refractivity contribution in [3.05, 3.63) is 17.5 Å². The fourth-order valence-electron chi connectivity index (χ4n) is 0.881.